The molecule has 18 heavy (non-hydrogen) atoms. The molecule has 0 bridgehead atoms. The van der Waals surface area contributed by atoms with Crippen LogP contribution in [-0.4, -0.2) is 27.5 Å². The molecule has 1 aromatic heterocycles. The van der Waals surface area contributed by atoms with E-state index in [9.17, 15) is 8.42 Å². The van der Waals surface area contributed by atoms with E-state index < -0.39 is 10.0 Å². The van der Waals surface area contributed by atoms with E-state index in [2.05, 4.69) is 26.0 Å². The first-order chi connectivity index (χ1) is 8.49. The Bertz CT molecular complexity index is 494. The van der Waals surface area contributed by atoms with Crippen LogP contribution in [0.3, 0.4) is 0 Å². The summed E-state index contributed by atoms with van der Waals surface area (Å²) in [6, 6.07) is 2.12. The highest BCUT2D eigenvalue weighted by Gasteiger charge is 2.20. The van der Waals surface area contributed by atoms with E-state index in [-0.39, 0.29) is 4.21 Å². The molecule has 0 spiro atoms. The smallest absolute Gasteiger partial charge is 0.250 e. The van der Waals surface area contributed by atoms with Crippen molar-refractivity contribution in [3.63, 3.8) is 0 Å². The van der Waals surface area contributed by atoms with Gasteiger partial charge in [0, 0.05) is 12.6 Å². The van der Waals surface area contributed by atoms with E-state index in [1.54, 1.807) is 0 Å². The zero-order valence-electron chi connectivity index (χ0n) is 9.58. The zero-order chi connectivity index (χ0) is 13.2. The number of rotatable bonds is 7. The predicted octanol–water partition coefficient (Wildman–Crippen LogP) is 2.58. The lowest BCUT2D eigenvalue weighted by Crippen LogP contribution is -2.27. The summed E-state index contributed by atoms with van der Waals surface area (Å²) < 4.78 is 27.3. The van der Waals surface area contributed by atoms with Crippen LogP contribution >= 0.6 is 38.9 Å². The number of hydrogen-bond acceptors (Lipinski definition) is 4. The highest BCUT2D eigenvalue weighted by Crippen LogP contribution is 2.34. The molecule has 1 fully saturated rings. The molecule has 4 nitrogen and oxygen atoms in total. The number of halogens is 2. The van der Waals surface area contributed by atoms with Gasteiger partial charge >= 0.3 is 0 Å². The molecule has 0 saturated heterocycles. The Morgan fingerprint density at radius 2 is 2.17 bits per heavy atom. The van der Waals surface area contributed by atoms with Gasteiger partial charge in [-0.1, -0.05) is 11.6 Å². The Balaban J connectivity index is 1.79. The van der Waals surface area contributed by atoms with Crippen molar-refractivity contribution in [2.45, 2.75) is 29.5 Å². The van der Waals surface area contributed by atoms with Gasteiger partial charge in [0.05, 0.1) is 8.81 Å². The minimum atomic E-state index is -3.42. The van der Waals surface area contributed by atoms with Gasteiger partial charge in [-0.3, -0.25) is 0 Å². The molecule has 0 aliphatic heterocycles. The fourth-order valence-electron chi connectivity index (χ4n) is 1.42. The minimum Gasteiger partial charge on any atom is -0.314 e. The third-order valence-corrected chi connectivity index (χ3v) is 6.95. The Labute approximate surface area is 124 Å². The van der Waals surface area contributed by atoms with Gasteiger partial charge in [-0.2, -0.15) is 0 Å². The number of nitrogens with one attached hydrogen (secondary N) is 2. The fourth-order valence-corrected chi connectivity index (χ4v) is 4.94. The van der Waals surface area contributed by atoms with Crippen molar-refractivity contribution < 1.29 is 8.42 Å². The van der Waals surface area contributed by atoms with Crippen molar-refractivity contribution in [2.75, 3.05) is 13.1 Å². The third-order valence-electron chi connectivity index (χ3n) is 2.54. The fraction of sp³-hybridized carbons (Fsp3) is 0.600. The van der Waals surface area contributed by atoms with Gasteiger partial charge < -0.3 is 5.32 Å². The largest absolute Gasteiger partial charge is 0.314 e. The van der Waals surface area contributed by atoms with Crippen molar-refractivity contribution >= 4 is 48.9 Å². The van der Waals surface area contributed by atoms with Gasteiger partial charge in [0.2, 0.25) is 10.0 Å². The second-order valence-electron chi connectivity index (χ2n) is 4.17. The van der Waals surface area contributed by atoms with Gasteiger partial charge in [-0.25, -0.2) is 13.1 Å². The Hall–Kier alpha value is 0.340. The van der Waals surface area contributed by atoms with Crippen LogP contribution in [0.2, 0.25) is 5.02 Å². The van der Waals surface area contributed by atoms with Gasteiger partial charge in [-0.05, 0) is 47.8 Å². The van der Waals surface area contributed by atoms with Crippen molar-refractivity contribution in [2.24, 2.45) is 0 Å². The quantitative estimate of drug-likeness (QED) is 0.722. The SMILES string of the molecule is O=S(=O)(NCCCNC1CC1)c1cc(Cl)c(Br)s1. The summed E-state index contributed by atoms with van der Waals surface area (Å²) in [6.45, 7) is 1.29. The van der Waals surface area contributed by atoms with Gasteiger partial charge in [0.25, 0.3) is 0 Å². The number of hydrogen-bond donors (Lipinski definition) is 2. The normalized spacial score (nSPS) is 16.1. The van der Waals surface area contributed by atoms with Crippen LogP contribution < -0.4 is 10.0 Å². The van der Waals surface area contributed by atoms with Crippen LogP contribution in [0.15, 0.2) is 14.1 Å². The molecule has 0 atom stereocenters. The molecule has 2 rings (SSSR count). The van der Waals surface area contributed by atoms with E-state index in [0.717, 1.165) is 24.3 Å². The maximum absolute atomic E-state index is 11.9. The van der Waals surface area contributed by atoms with E-state index in [0.29, 0.717) is 21.4 Å². The van der Waals surface area contributed by atoms with Crippen LogP contribution in [0.5, 0.6) is 0 Å². The highest BCUT2D eigenvalue weighted by atomic mass is 79.9. The van der Waals surface area contributed by atoms with E-state index in [1.165, 1.54) is 18.9 Å². The van der Waals surface area contributed by atoms with Crippen molar-refractivity contribution in [3.05, 3.63) is 14.9 Å². The first kappa shape index (κ1) is 14.7. The average molecular weight is 374 g/mol. The zero-order valence-corrected chi connectivity index (χ0v) is 13.6. The van der Waals surface area contributed by atoms with E-state index in [4.69, 9.17) is 11.6 Å². The van der Waals surface area contributed by atoms with Crippen molar-refractivity contribution in [3.8, 4) is 0 Å². The standard InChI is InChI=1S/C10H14BrClN2O2S2/c11-10-8(12)6-9(17-10)18(15,16)14-5-1-4-13-7-2-3-7/h6-7,13-14H,1-5H2. The Morgan fingerprint density at radius 3 is 2.72 bits per heavy atom. The van der Waals surface area contributed by atoms with Crippen LogP contribution in [0, 0.1) is 0 Å². The molecule has 8 heteroatoms. The molecule has 1 aliphatic rings. The maximum Gasteiger partial charge on any atom is 0.250 e. The second-order valence-corrected chi connectivity index (χ2v) is 8.94. The maximum atomic E-state index is 11.9. The summed E-state index contributed by atoms with van der Waals surface area (Å²) in [5.41, 5.74) is 0. The molecule has 0 unspecified atom stereocenters. The molecule has 0 aromatic carbocycles. The molecule has 1 saturated carbocycles. The van der Waals surface area contributed by atoms with E-state index >= 15 is 0 Å². The van der Waals surface area contributed by atoms with Crippen molar-refractivity contribution in [1.29, 1.82) is 0 Å². The van der Waals surface area contributed by atoms with Crippen molar-refractivity contribution in [1.82, 2.24) is 10.0 Å². The molecule has 102 valence electrons. The van der Waals surface area contributed by atoms with E-state index in [1.807, 2.05) is 0 Å². The lowest BCUT2D eigenvalue weighted by Gasteiger charge is -2.05. The van der Waals surface area contributed by atoms with Crippen LogP contribution in [-0.2, 0) is 10.0 Å². The highest BCUT2D eigenvalue weighted by molar-refractivity contribution is 9.11. The van der Waals surface area contributed by atoms with Crippen LogP contribution in [0.4, 0.5) is 0 Å². The van der Waals surface area contributed by atoms with Gasteiger partial charge in [-0.15, -0.1) is 11.3 Å². The molecule has 1 aliphatic carbocycles. The number of sulfonamides is 1. The third kappa shape index (κ3) is 4.18. The summed E-state index contributed by atoms with van der Waals surface area (Å²) in [5, 5.41) is 3.76. The molecule has 0 radical (unpaired) electrons. The first-order valence-corrected chi connectivity index (χ1v) is 9.14. The number of thiophene rings is 1. The molecule has 0 amide bonds. The summed E-state index contributed by atoms with van der Waals surface area (Å²) in [6.07, 6.45) is 3.27. The topological polar surface area (TPSA) is 58.2 Å². The second kappa shape index (κ2) is 6.19. The summed E-state index contributed by atoms with van der Waals surface area (Å²) in [4.78, 5) is 0. The lowest BCUT2D eigenvalue weighted by molar-refractivity contribution is 0.575. The van der Waals surface area contributed by atoms with Crippen LogP contribution in [0.1, 0.15) is 19.3 Å². The lowest BCUT2D eigenvalue weighted by atomic mass is 10.4. The average Bonchev–Trinajstić information content (AvgIpc) is 3.05. The summed E-state index contributed by atoms with van der Waals surface area (Å²) >= 11 is 10.1. The molecule has 1 heterocycles. The summed E-state index contributed by atoms with van der Waals surface area (Å²) in [5.74, 6) is 0. The monoisotopic (exact) mass is 372 g/mol. The van der Waals surface area contributed by atoms with Gasteiger partial charge in [0.1, 0.15) is 4.21 Å². The van der Waals surface area contributed by atoms with Gasteiger partial charge in [0.15, 0.2) is 0 Å². The molecule has 1 aromatic rings. The molecule has 2 N–H and O–H groups in total. The Morgan fingerprint density at radius 1 is 1.44 bits per heavy atom. The molecular formula is C10H14BrClN2O2S2. The minimum absolute atomic E-state index is 0.245. The van der Waals surface area contributed by atoms with Crippen LogP contribution in [0.25, 0.3) is 0 Å². The summed E-state index contributed by atoms with van der Waals surface area (Å²) in [7, 11) is -3.42. The Kier molecular flexibility index (Phi) is 5.07. The first-order valence-electron chi connectivity index (χ1n) is 5.67. The predicted molar refractivity (Wildman–Crippen MR) is 77.9 cm³/mol. The molecular weight excluding hydrogens is 360 g/mol.